The van der Waals surface area contributed by atoms with Crippen LogP contribution in [-0.4, -0.2) is 38.8 Å². The van der Waals surface area contributed by atoms with Crippen LogP contribution < -0.4 is 10.6 Å². The van der Waals surface area contributed by atoms with Crippen molar-refractivity contribution < 1.29 is 4.74 Å². The van der Waals surface area contributed by atoms with Gasteiger partial charge in [0, 0.05) is 32.8 Å². The van der Waals surface area contributed by atoms with Crippen LogP contribution in [0.15, 0.2) is 4.99 Å². The molecule has 0 aliphatic heterocycles. The lowest BCUT2D eigenvalue weighted by Crippen LogP contribution is -2.39. The first-order valence-electron chi connectivity index (χ1n) is 6.84. The molecule has 2 unspecified atom stereocenters. The molecule has 2 N–H and O–H groups in total. The maximum absolute atomic E-state index is 5.58. The van der Waals surface area contributed by atoms with E-state index in [0.29, 0.717) is 6.04 Å². The molecule has 0 heterocycles. The average molecular weight is 367 g/mol. The first kappa shape index (κ1) is 16.0. The quantitative estimate of drug-likeness (QED) is 0.313. The Kier molecular flexibility index (Phi) is 7.29. The van der Waals surface area contributed by atoms with E-state index in [1.54, 1.807) is 0 Å². The molecule has 2 saturated carbocycles. The summed E-state index contributed by atoms with van der Waals surface area (Å²) in [6, 6.07) is 0.632. The first-order valence-corrected chi connectivity index (χ1v) is 6.84. The number of halogens is 1. The molecule has 2 fully saturated rings. The van der Waals surface area contributed by atoms with E-state index in [9.17, 15) is 0 Å². The van der Waals surface area contributed by atoms with Gasteiger partial charge in [0.1, 0.15) is 0 Å². The fourth-order valence-corrected chi connectivity index (χ4v) is 1.81. The second kappa shape index (κ2) is 8.19. The molecule has 2 rings (SSSR count). The van der Waals surface area contributed by atoms with Gasteiger partial charge >= 0.3 is 0 Å². The summed E-state index contributed by atoms with van der Waals surface area (Å²) in [6.45, 7) is 5.02. The van der Waals surface area contributed by atoms with Crippen LogP contribution in [0.2, 0.25) is 0 Å². The van der Waals surface area contributed by atoms with Crippen LogP contribution in [0.5, 0.6) is 0 Å². The summed E-state index contributed by atoms with van der Waals surface area (Å²) < 4.78 is 5.58. The summed E-state index contributed by atoms with van der Waals surface area (Å²) in [5, 5.41) is 6.73. The minimum atomic E-state index is 0. The van der Waals surface area contributed by atoms with E-state index in [1.165, 1.54) is 19.3 Å². The van der Waals surface area contributed by atoms with E-state index >= 15 is 0 Å². The molecule has 0 radical (unpaired) electrons. The molecule has 4 nitrogen and oxygen atoms in total. The van der Waals surface area contributed by atoms with Gasteiger partial charge in [-0.25, -0.2) is 0 Å². The number of hydrogen-bond donors (Lipinski definition) is 2. The number of guanidine groups is 1. The highest BCUT2D eigenvalue weighted by atomic mass is 127. The molecule has 2 aliphatic carbocycles. The third kappa shape index (κ3) is 6.22. The van der Waals surface area contributed by atoms with Gasteiger partial charge < -0.3 is 15.4 Å². The van der Waals surface area contributed by atoms with Crippen molar-refractivity contribution in [3.63, 3.8) is 0 Å². The van der Waals surface area contributed by atoms with Crippen LogP contribution in [0.4, 0.5) is 0 Å². The Morgan fingerprint density at radius 3 is 2.67 bits per heavy atom. The highest BCUT2D eigenvalue weighted by molar-refractivity contribution is 14.0. The Morgan fingerprint density at radius 2 is 2.11 bits per heavy atom. The van der Waals surface area contributed by atoms with E-state index in [2.05, 4.69) is 22.5 Å². The maximum atomic E-state index is 5.58. The lowest BCUT2D eigenvalue weighted by Gasteiger charge is -2.11. The monoisotopic (exact) mass is 367 g/mol. The van der Waals surface area contributed by atoms with E-state index in [1.807, 2.05) is 7.05 Å². The molecule has 0 aromatic rings. The van der Waals surface area contributed by atoms with Crippen LogP contribution in [0, 0.1) is 11.8 Å². The van der Waals surface area contributed by atoms with Crippen LogP contribution in [-0.2, 0) is 4.74 Å². The maximum Gasteiger partial charge on any atom is 0.191 e. The standard InChI is InChI=1S/C13H25N3O.HI/c1-10-8-12(10)16-13(14-2)15-6-3-7-17-9-11-4-5-11;/h10-12H,3-9H2,1-2H3,(H2,14,15,16);1H. The molecule has 0 aromatic heterocycles. The molecule has 0 saturated heterocycles. The van der Waals surface area contributed by atoms with Gasteiger partial charge in [0.05, 0.1) is 0 Å². The largest absolute Gasteiger partial charge is 0.381 e. The summed E-state index contributed by atoms with van der Waals surface area (Å²) >= 11 is 0. The Bertz CT molecular complexity index is 269. The molecule has 18 heavy (non-hydrogen) atoms. The van der Waals surface area contributed by atoms with Crippen molar-refractivity contribution >= 4 is 29.9 Å². The summed E-state index contributed by atoms with van der Waals surface area (Å²) in [5.41, 5.74) is 0. The summed E-state index contributed by atoms with van der Waals surface area (Å²) in [5.74, 6) is 2.60. The lowest BCUT2D eigenvalue weighted by molar-refractivity contribution is 0.123. The Morgan fingerprint density at radius 1 is 1.39 bits per heavy atom. The van der Waals surface area contributed by atoms with E-state index in [-0.39, 0.29) is 24.0 Å². The van der Waals surface area contributed by atoms with Crippen molar-refractivity contribution in [3.05, 3.63) is 0 Å². The van der Waals surface area contributed by atoms with Gasteiger partial charge in [-0.15, -0.1) is 24.0 Å². The number of ether oxygens (including phenoxy) is 1. The van der Waals surface area contributed by atoms with Gasteiger partial charge in [0.25, 0.3) is 0 Å². The van der Waals surface area contributed by atoms with Crippen LogP contribution in [0.25, 0.3) is 0 Å². The fourth-order valence-electron chi connectivity index (χ4n) is 1.81. The zero-order valence-electron chi connectivity index (χ0n) is 11.4. The zero-order valence-corrected chi connectivity index (χ0v) is 13.8. The molecule has 2 atom stereocenters. The van der Waals surface area contributed by atoms with Crippen molar-refractivity contribution in [1.82, 2.24) is 10.6 Å². The normalized spacial score (nSPS) is 26.4. The molecule has 0 aromatic carbocycles. The minimum absolute atomic E-state index is 0. The second-order valence-corrected chi connectivity index (χ2v) is 5.33. The number of nitrogens with zero attached hydrogens (tertiary/aromatic N) is 1. The molecule has 106 valence electrons. The highest BCUT2D eigenvalue weighted by Gasteiger charge is 2.33. The average Bonchev–Trinajstić information content (AvgIpc) is 3.21. The molecule has 0 spiro atoms. The number of rotatable bonds is 7. The number of hydrogen-bond acceptors (Lipinski definition) is 2. The SMILES string of the molecule is CN=C(NCCCOCC1CC1)NC1CC1C.I. The van der Waals surface area contributed by atoms with Gasteiger partial charge in [-0.3, -0.25) is 4.99 Å². The second-order valence-electron chi connectivity index (χ2n) is 5.33. The minimum Gasteiger partial charge on any atom is -0.381 e. The molecular weight excluding hydrogens is 341 g/mol. The Labute approximate surface area is 127 Å². The Balaban J connectivity index is 0.00000162. The number of nitrogens with one attached hydrogen (secondary N) is 2. The smallest absolute Gasteiger partial charge is 0.191 e. The summed E-state index contributed by atoms with van der Waals surface area (Å²) in [7, 11) is 1.83. The summed E-state index contributed by atoms with van der Waals surface area (Å²) in [6.07, 6.45) is 5.06. The molecule has 2 aliphatic rings. The van der Waals surface area contributed by atoms with Crippen molar-refractivity contribution in [1.29, 1.82) is 0 Å². The van der Waals surface area contributed by atoms with Gasteiger partial charge in [0.2, 0.25) is 0 Å². The third-order valence-electron chi connectivity index (χ3n) is 3.46. The Hall–Kier alpha value is -0.0400. The van der Waals surface area contributed by atoms with Gasteiger partial charge in [-0.2, -0.15) is 0 Å². The zero-order chi connectivity index (χ0) is 12.1. The van der Waals surface area contributed by atoms with E-state index in [0.717, 1.165) is 44.0 Å². The van der Waals surface area contributed by atoms with Gasteiger partial charge in [-0.05, 0) is 37.5 Å². The lowest BCUT2D eigenvalue weighted by atomic mass is 10.4. The van der Waals surface area contributed by atoms with Crippen LogP contribution in [0.1, 0.15) is 32.6 Å². The van der Waals surface area contributed by atoms with Crippen LogP contribution >= 0.6 is 24.0 Å². The van der Waals surface area contributed by atoms with Gasteiger partial charge in [-0.1, -0.05) is 6.92 Å². The number of aliphatic imine (C=N–C) groups is 1. The predicted molar refractivity (Wildman–Crippen MR) is 85.6 cm³/mol. The summed E-state index contributed by atoms with van der Waals surface area (Å²) in [4.78, 5) is 4.21. The van der Waals surface area contributed by atoms with E-state index in [4.69, 9.17) is 4.74 Å². The molecular formula is C13H26IN3O. The molecule has 0 amide bonds. The predicted octanol–water partition coefficient (Wildman–Crippen LogP) is 1.99. The van der Waals surface area contributed by atoms with Crippen LogP contribution in [0.3, 0.4) is 0 Å². The third-order valence-corrected chi connectivity index (χ3v) is 3.46. The van der Waals surface area contributed by atoms with Crippen molar-refractivity contribution in [2.75, 3.05) is 26.8 Å². The molecule has 0 bridgehead atoms. The van der Waals surface area contributed by atoms with Gasteiger partial charge in [0.15, 0.2) is 5.96 Å². The van der Waals surface area contributed by atoms with Crippen molar-refractivity contribution in [3.8, 4) is 0 Å². The van der Waals surface area contributed by atoms with E-state index < -0.39 is 0 Å². The first-order chi connectivity index (χ1) is 8.29. The van der Waals surface area contributed by atoms with Crippen molar-refractivity contribution in [2.24, 2.45) is 16.8 Å². The highest BCUT2D eigenvalue weighted by Crippen LogP contribution is 2.29. The van der Waals surface area contributed by atoms with Crippen molar-refractivity contribution in [2.45, 2.75) is 38.6 Å². The molecule has 5 heteroatoms. The fraction of sp³-hybridized carbons (Fsp3) is 0.923. The topological polar surface area (TPSA) is 45.7 Å².